The van der Waals surface area contributed by atoms with E-state index in [0.29, 0.717) is 24.7 Å². The summed E-state index contributed by atoms with van der Waals surface area (Å²) in [6.07, 6.45) is 0. The Morgan fingerprint density at radius 2 is 2.15 bits per heavy atom. The van der Waals surface area contributed by atoms with E-state index in [0.717, 1.165) is 10.2 Å². The van der Waals surface area contributed by atoms with E-state index in [4.69, 9.17) is 10.5 Å². The predicted octanol–water partition coefficient (Wildman–Crippen LogP) is 1.91. The largest absolute Gasteiger partial charge is 0.492 e. The second-order valence-corrected chi connectivity index (χ2v) is 5.15. The Kier molecular flexibility index (Phi) is 4.62. The molecular formula is C13H15BrN4O2. The number of aromatic amines is 1. The number of hydrogen-bond donors (Lipinski definition) is 2. The van der Waals surface area contributed by atoms with Crippen molar-refractivity contribution in [1.82, 2.24) is 15.1 Å². The van der Waals surface area contributed by atoms with Gasteiger partial charge in [-0.25, -0.2) is 0 Å². The SMILES string of the molecule is CN(CCOc1ccc(Br)cc1)C(=O)c1cc(N)n[nH]1. The van der Waals surface area contributed by atoms with Crippen LogP contribution in [0.25, 0.3) is 0 Å². The molecule has 1 amide bonds. The lowest BCUT2D eigenvalue weighted by atomic mass is 10.3. The van der Waals surface area contributed by atoms with Crippen LogP contribution in [0.1, 0.15) is 10.5 Å². The maximum atomic E-state index is 12.0. The van der Waals surface area contributed by atoms with Crippen LogP contribution < -0.4 is 10.5 Å². The van der Waals surface area contributed by atoms with Crippen LogP contribution in [0.4, 0.5) is 5.82 Å². The molecule has 0 aliphatic rings. The molecule has 1 heterocycles. The van der Waals surface area contributed by atoms with Crippen molar-refractivity contribution in [3.8, 4) is 5.75 Å². The number of amides is 1. The first-order valence-corrected chi connectivity index (χ1v) is 6.80. The van der Waals surface area contributed by atoms with Crippen LogP contribution in [0, 0.1) is 0 Å². The van der Waals surface area contributed by atoms with Crippen molar-refractivity contribution < 1.29 is 9.53 Å². The zero-order valence-corrected chi connectivity index (χ0v) is 12.6. The van der Waals surface area contributed by atoms with Gasteiger partial charge in [0.25, 0.3) is 5.91 Å². The summed E-state index contributed by atoms with van der Waals surface area (Å²) in [5.74, 6) is 0.890. The van der Waals surface area contributed by atoms with E-state index in [1.54, 1.807) is 11.9 Å². The number of nitrogens with one attached hydrogen (secondary N) is 1. The van der Waals surface area contributed by atoms with Crippen molar-refractivity contribution in [2.75, 3.05) is 25.9 Å². The summed E-state index contributed by atoms with van der Waals surface area (Å²) in [6.45, 7) is 0.876. The Morgan fingerprint density at radius 1 is 1.45 bits per heavy atom. The third-order valence-electron chi connectivity index (χ3n) is 2.68. The zero-order chi connectivity index (χ0) is 14.5. The summed E-state index contributed by atoms with van der Waals surface area (Å²) in [5, 5.41) is 6.31. The number of hydrogen-bond acceptors (Lipinski definition) is 4. The summed E-state index contributed by atoms with van der Waals surface area (Å²) >= 11 is 3.36. The summed E-state index contributed by atoms with van der Waals surface area (Å²) in [6, 6.07) is 9.03. The first-order valence-electron chi connectivity index (χ1n) is 6.01. The van der Waals surface area contributed by atoms with Gasteiger partial charge in [0.2, 0.25) is 0 Å². The molecular weight excluding hydrogens is 324 g/mol. The molecule has 1 aromatic heterocycles. The van der Waals surface area contributed by atoms with Crippen LogP contribution in [0.15, 0.2) is 34.8 Å². The summed E-state index contributed by atoms with van der Waals surface area (Å²) < 4.78 is 6.55. The van der Waals surface area contributed by atoms with E-state index in [1.165, 1.54) is 6.07 Å². The number of rotatable bonds is 5. The highest BCUT2D eigenvalue weighted by molar-refractivity contribution is 9.10. The number of H-pyrrole nitrogens is 1. The van der Waals surface area contributed by atoms with Crippen molar-refractivity contribution in [3.05, 3.63) is 40.5 Å². The highest BCUT2D eigenvalue weighted by Gasteiger charge is 2.13. The minimum Gasteiger partial charge on any atom is -0.492 e. The molecule has 0 spiro atoms. The number of anilines is 1. The number of nitrogen functional groups attached to an aromatic ring is 1. The van der Waals surface area contributed by atoms with Gasteiger partial charge in [0.1, 0.15) is 23.9 Å². The van der Waals surface area contributed by atoms with Gasteiger partial charge in [-0.15, -0.1) is 0 Å². The molecule has 0 fully saturated rings. The maximum absolute atomic E-state index is 12.0. The molecule has 0 saturated heterocycles. The van der Waals surface area contributed by atoms with Crippen molar-refractivity contribution in [2.45, 2.75) is 0 Å². The minimum absolute atomic E-state index is 0.173. The third kappa shape index (κ3) is 3.74. The van der Waals surface area contributed by atoms with Crippen molar-refractivity contribution in [2.24, 2.45) is 0 Å². The molecule has 2 aromatic rings. The fourth-order valence-electron chi connectivity index (χ4n) is 1.59. The molecule has 7 heteroatoms. The molecule has 0 bridgehead atoms. The van der Waals surface area contributed by atoms with Gasteiger partial charge in [-0.2, -0.15) is 5.10 Å². The van der Waals surface area contributed by atoms with E-state index in [2.05, 4.69) is 26.1 Å². The zero-order valence-electron chi connectivity index (χ0n) is 11.0. The van der Waals surface area contributed by atoms with Gasteiger partial charge in [0.05, 0.1) is 6.54 Å². The number of nitrogens with zero attached hydrogens (tertiary/aromatic N) is 2. The van der Waals surface area contributed by atoms with Crippen molar-refractivity contribution in [1.29, 1.82) is 0 Å². The average Bonchev–Trinajstić information content (AvgIpc) is 2.86. The Hall–Kier alpha value is -2.02. The van der Waals surface area contributed by atoms with Crippen LogP contribution in [-0.2, 0) is 0 Å². The molecule has 0 aliphatic heterocycles. The molecule has 20 heavy (non-hydrogen) atoms. The maximum Gasteiger partial charge on any atom is 0.271 e. The number of carbonyl (C=O) groups is 1. The van der Waals surface area contributed by atoms with Crippen LogP contribution in [0.5, 0.6) is 5.75 Å². The first-order chi connectivity index (χ1) is 9.56. The standard InChI is InChI=1S/C13H15BrN4O2/c1-18(13(19)11-8-12(15)17-16-11)6-7-20-10-4-2-9(14)3-5-10/h2-5,8H,6-7H2,1H3,(H3,15,16,17). The Balaban J connectivity index is 1.81. The lowest BCUT2D eigenvalue weighted by Gasteiger charge is -2.16. The van der Waals surface area contributed by atoms with E-state index >= 15 is 0 Å². The molecule has 0 unspecified atom stereocenters. The van der Waals surface area contributed by atoms with Crippen LogP contribution in [0.3, 0.4) is 0 Å². The molecule has 1 aromatic carbocycles. The Morgan fingerprint density at radius 3 is 2.75 bits per heavy atom. The van der Waals surface area contributed by atoms with E-state index in [-0.39, 0.29) is 5.91 Å². The molecule has 0 saturated carbocycles. The van der Waals surface area contributed by atoms with E-state index in [9.17, 15) is 4.79 Å². The van der Waals surface area contributed by atoms with Gasteiger partial charge >= 0.3 is 0 Å². The van der Waals surface area contributed by atoms with Gasteiger partial charge in [-0.05, 0) is 24.3 Å². The lowest BCUT2D eigenvalue weighted by Crippen LogP contribution is -2.31. The summed E-state index contributed by atoms with van der Waals surface area (Å²) in [5.41, 5.74) is 5.83. The van der Waals surface area contributed by atoms with E-state index in [1.807, 2.05) is 24.3 Å². The minimum atomic E-state index is -0.173. The normalized spacial score (nSPS) is 10.3. The predicted molar refractivity (Wildman–Crippen MR) is 79.6 cm³/mol. The quantitative estimate of drug-likeness (QED) is 0.872. The highest BCUT2D eigenvalue weighted by Crippen LogP contribution is 2.16. The Labute approximate surface area is 125 Å². The van der Waals surface area contributed by atoms with Crippen LogP contribution in [0.2, 0.25) is 0 Å². The molecule has 0 aliphatic carbocycles. The third-order valence-corrected chi connectivity index (χ3v) is 3.21. The first kappa shape index (κ1) is 14.4. The number of aromatic nitrogens is 2. The second-order valence-electron chi connectivity index (χ2n) is 4.24. The van der Waals surface area contributed by atoms with Crippen molar-refractivity contribution in [3.63, 3.8) is 0 Å². The fraction of sp³-hybridized carbons (Fsp3) is 0.231. The molecule has 0 radical (unpaired) electrons. The van der Waals surface area contributed by atoms with Crippen LogP contribution >= 0.6 is 15.9 Å². The summed E-state index contributed by atoms with van der Waals surface area (Å²) in [7, 11) is 1.70. The number of nitrogens with two attached hydrogens (primary N) is 1. The highest BCUT2D eigenvalue weighted by atomic mass is 79.9. The molecule has 6 nitrogen and oxygen atoms in total. The monoisotopic (exact) mass is 338 g/mol. The van der Waals surface area contributed by atoms with Crippen LogP contribution in [-0.4, -0.2) is 41.2 Å². The van der Waals surface area contributed by atoms with Gasteiger partial charge in [-0.3, -0.25) is 9.89 Å². The number of carbonyl (C=O) groups excluding carboxylic acids is 1. The fourth-order valence-corrected chi connectivity index (χ4v) is 1.85. The number of likely N-dealkylation sites (N-methyl/N-ethyl adjacent to an activating group) is 1. The summed E-state index contributed by atoms with van der Waals surface area (Å²) in [4.78, 5) is 13.5. The number of benzene rings is 1. The van der Waals surface area contributed by atoms with Gasteiger partial charge < -0.3 is 15.4 Å². The molecule has 3 N–H and O–H groups in total. The molecule has 106 valence electrons. The second kappa shape index (κ2) is 6.42. The average molecular weight is 339 g/mol. The smallest absolute Gasteiger partial charge is 0.271 e. The van der Waals surface area contributed by atoms with E-state index < -0.39 is 0 Å². The molecule has 2 rings (SSSR count). The number of halogens is 1. The van der Waals surface area contributed by atoms with Gasteiger partial charge in [0.15, 0.2) is 0 Å². The van der Waals surface area contributed by atoms with Gasteiger partial charge in [0, 0.05) is 17.6 Å². The van der Waals surface area contributed by atoms with Crippen molar-refractivity contribution >= 4 is 27.7 Å². The Bertz CT molecular complexity index is 582. The topological polar surface area (TPSA) is 84.2 Å². The number of ether oxygens (including phenoxy) is 1. The van der Waals surface area contributed by atoms with Gasteiger partial charge in [-0.1, -0.05) is 15.9 Å². The lowest BCUT2D eigenvalue weighted by molar-refractivity contribution is 0.0768. The molecule has 0 atom stereocenters.